The van der Waals surface area contributed by atoms with Gasteiger partial charge in [-0.2, -0.15) is 0 Å². The van der Waals surface area contributed by atoms with E-state index in [4.69, 9.17) is 0 Å². The number of aliphatic hydroxyl groups is 2. The first-order chi connectivity index (χ1) is 12.8. The largest absolute Gasteiger partial charge is 0.396 e. The van der Waals surface area contributed by atoms with Crippen LogP contribution in [0.2, 0.25) is 0 Å². The number of fused-ring (bicyclic) bond motifs is 5. The van der Waals surface area contributed by atoms with Gasteiger partial charge in [0, 0.05) is 6.61 Å². The Hall–Kier alpha value is -0.600. The molecule has 0 amide bonds. The van der Waals surface area contributed by atoms with E-state index in [1.807, 2.05) is 6.92 Å². The third kappa shape index (κ3) is 2.58. The fourth-order valence-electron chi connectivity index (χ4n) is 8.84. The lowest BCUT2D eigenvalue weighted by atomic mass is 9.38. The minimum atomic E-state index is -0.589. The molecule has 2 heteroatoms. The van der Waals surface area contributed by atoms with Crippen LogP contribution in [0.1, 0.15) is 85.0 Å². The Bertz CT molecular complexity index is 634. The average Bonchev–Trinajstić information content (AvgIpc) is 2.98. The summed E-state index contributed by atoms with van der Waals surface area (Å²) in [5, 5.41) is 21.0. The van der Waals surface area contributed by atoms with Crippen LogP contribution >= 0.6 is 0 Å². The monoisotopic (exact) mass is 372 g/mol. The van der Waals surface area contributed by atoms with Gasteiger partial charge in [-0.15, -0.1) is 6.58 Å². The summed E-state index contributed by atoms with van der Waals surface area (Å²) in [6, 6.07) is 0. The topological polar surface area (TPSA) is 40.5 Å². The lowest BCUT2D eigenvalue weighted by Gasteiger charge is -2.67. The summed E-state index contributed by atoms with van der Waals surface area (Å²) in [6.07, 6.45) is 15.9. The molecule has 0 aromatic carbocycles. The van der Waals surface area contributed by atoms with Gasteiger partial charge in [-0.05, 0) is 112 Å². The molecule has 0 bridgehead atoms. The Kier molecular flexibility index (Phi) is 4.71. The van der Waals surface area contributed by atoms with Gasteiger partial charge in [0.1, 0.15) is 0 Å². The van der Waals surface area contributed by atoms with Crippen molar-refractivity contribution in [1.82, 2.24) is 0 Å². The zero-order valence-electron chi connectivity index (χ0n) is 17.8. The molecule has 2 N–H and O–H groups in total. The quantitative estimate of drug-likeness (QED) is 0.629. The minimum absolute atomic E-state index is 0.00554. The summed E-state index contributed by atoms with van der Waals surface area (Å²) in [5.74, 6) is 2.27. The second-order valence-electron chi connectivity index (χ2n) is 10.9. The molecule has 27 heavy (non-hydrogen) atoms. The normalized spacial score (nSPS) is 53.5. The molecule has 0 aromatic heterocycles. The zero-order chi connectivity index (χ0) is 19.5. The van der Waals surface area contributed by atoms with Crippen LogP contribution in [0.15, 0.2) is 24.3 Å². The van der Waals surface area contributed by atoms with Gasteiger partial charge >= 0.3 is 0 Å². The van der Waals surface area contributed by atoms with Crippen LogP contribution in [0.5, 0.6) is 0 Å². The highest BCUT2D eigenvalue weighted by atomic mass is 16.3. The van der Waals surface area contributed by atoms with Crippen LogP contribution in [-0.2, 0) is 0 Å². The molecule has 0 saturated heterocycles. The standard InChI is InChI=1S/C25H40O2/c1-5-18-7-8-20-19-9-12-24(6-2)17-22(3,27)13-14-25(24,15-16-26)21(19)10-11-23(18,20)4/h5-6,19-21,26-27H,2,7-17H2,1,3-4H3/b18-5-/t19?,20-,21-,22+,23+,24+,25?/m0/s1. The van der Waals surface area contributed by atoms with Crippen molar-refractivity contribution in [2.75, 3.05) is 6.61 Å². The minimum Gasteiger partial charge on any atom is -0.396 e. The molecule has 4 aliphatic rings. The lowest BCUT2D eigenvalue weighted by molar-refractivity contribution is -0.186. The molecule has 152 valence electrons. The maximum absolute atomic E-state index is 10.9. The molecule has 0 aliphatic heterocycles. The molecule has 4 saturated carbocycles. The Labute approximate surface area is 166 Å². The van der Waals surface area contributed by atoms with Gasteiger partial charge in [-0.1, -0.05) is 24.6 Å². The van der Waals surface area contributed by atoms with E-state index in [1.165, 1.54) is 32.1 Å². The van der Waals surface area contributed by atoms with Crippen molar-refractivity contribution in [3.8, 4) is 0 Å². The molecule has 4 aliphatic carbocycles. The SMILES string of the molecule is C=C[C@]12CCC3[C@H](CC[C@]4(C)/C(=C\C)CC[C@@H]34)C1(CCO)CC[C@@](C)(O)C2. The van der Waals surface area contributed by atoms with Crippen molar-refractivity contribution in [3.05, 3.63) is 24.3 Å². The van der Waals surface area contributed by atoms with Gasteiger partial charge in [0.05, 0.1) is 5.60 Å². The van der Waals surface area contributed by atoms with Crippen molar-refractivity contribution in [2.45, 2.75) is 90.6 Å². The van der Waals surface area contributed by atoms with Gasteiger partial charge in [-0.25, -0.2) is 0 Å². The van der Waals surface area contributed by atoms with Crippen LogP contribution in [0.3, 0.4) is 0 Å². The Balaban J connectivity index is 1.75. The molecule has 4 fully saturated rings. The fourth-order valence-corrected chi connectivity index (χ4v) is 8.84. The summed E-state index contributed by atoms with van der Waals surface area (Å²) in [4.78, 5) is 0. The Morgan fingerprint density at radius 1 is 1.07 bits per heavy atom. The van der Waals surface area contributed by atoms with E-state index < -0.39 is 5.60 Å². The van der Waals surface area contributed by atoms with Crippen LogP contribution in [0.25, 0.3) is 0 Å². The molecular formula is C25H40O2. The summed E-state index contributed by atoms with van der Waals surface area (Å²) in [6.45, 7) is 11.3. The Morgan fingerprint density at radius 2 is 1.85 bits per heavy atom. The van der Waals surface area contributed by atoms with Gasteiger partial charge in [-0.3, -0.25) is 0 Å². The molecule has 0 radical (unpaired) electrons. The summed E-state index contributed by atoms with van der Waals surface area (Å²) in [7, 11) is 0. The number of aliphatic hydroxyl groups excluding tert-OH is 1. The predicted octanol–water partition coefficient (Wildman–Crippen LogP) is 5.65. The summed E-state index contributed by atoms with van der Waals surface area (Å²) < 4.78 is 0. The predicted molar refractivity (Wildman–Crippen MR) is 111 cm³/mol. The van der Waals surface area contributed by atoms with Gasteiger partial charge < -0.3 is 10.2 Å². The first kappa shape index (κ1) is 19.7. The van der Waals surface area contributed by atoms with E-state index >= 15 is 0 Å². The van der Waals surface area contributed by atoms with E-state index in [0.717, 1.165) is 43.9 Å². The van der Waals surface area contributed by atoms with E-state index in [9.17, 15) is 10.2 Å². The first-order valence-corrected chi connectivity index (χ1v) is 11.4. The summed E-state index contributed by atoms with van der Waals surface area (Å²) in [5.41, 5.74) is 1.65. The summed E-state index contributed by atoms with van der Waals surface area (Å²) >= 11 is 0. The van der Waals surface area contributed by atoms with Crippen molar-refractivity contribution in [2.24, 2.45) is 34.0 Å². The van der Waals surface area contributed by atoms with Crippen molar-refractivity contribution < 1.29 is 10.2 Å². The van der Waals surface area contributed by atoms with Crippen LogP contribution in [0.4, 0.5) is 0 Å². The van der Waals surface area contributed by atoms with E-state index in [1.54, 1.807) is 5.57 Å². The third-order valence-corrected chi connectivity index (χ3v) is 10.0. The number of allylic oxidation sites excluding steroid dienone is 3. The van der Waals surface area contributed by atoms with Crippen molar-refractivity contribution in [3.63, 3.8) is 0 Å². The van der Waals surface area contributed by atoms with Crippen molar-refractivity contribution in [1.29, 1.82) is 0 Å². The fraction of sp³-hybridized carbons (Fsp3) is 0.840. The maximum Gasteiger partial charge on any atom is 0.0628 e. The Morgan fingerprint density at radius 3 is 2.52 bits per heavy atom. The van der Waals surface area contributed by atoms with Crippen molar-refractivity contribution >= 4 is 0 Å². The van der Waals surface area contributed by atoms with Crippen LogP contribution < -0.4 is 0 Å². The van der Waals surface area contributed by atoms with E-state index in [2.05, 4.69) is 32.6 Å². The van der Waals surface area contributed by atoms with Crippen LogP contribution in [0, 0.1) is 34.0 Å². The smallest absolute Gasteiger partial charge is 0.0628 e. The molecule has 0 heterocycles. The molecular weight excluding hydrogens is 332 g/mol. The van der Waals surface area contributed by atoms with Crippen LogP contribution in [-0.4, -0.2) is 22.4 Å². The highest BCUT2D eigenvalue weighted by molar-refractivity contribution is 5.26. The molecule has 0 aromatic rings. The highest BCUT2D eigenvalue weighted by Crippen LogP contribution is 2.72. The lowest BCUT2D eigenvalue weighted by Crippen LogP contribution is -2.61. The second-order valence-corrected chi connectivity index (χ2v) is 10.9. The molecule has 4 rings (SSSR count). The molecule has 7 atom stereocenters. The maximum atomic E-state index is 10.9. The average molecular weight is 373 g/mol. The molecule has 0 spiro atoms. The first-order valence-electron chi connectivity index (χ1n) is 11.4. The number of hydrogen-bond donors (Lipinski definition) is 2. The third-order valence-electron chi connectivity index (χ3n) is 10.0. The molecule has 2 nitrogen and oxygen atoms in total. The number of hydrogen-bond acceptors (Lipinski definition) is 2. The molecule has 2 unspecified atom stereocenters. The zero-order valence-corrected chi connectivity index (χ0v) is 17.8. The van der Waals surface area contributed by atoms with Gasteiger partial charge in [0.15, 0.2) is 0 Å². The van der Waals surface area contributed by atoms with E-state index in [0.29, 0.717) is 11.3 Å². The second kappa shape index (κ2) is 6.46. The van der Waals surface area contributed by atoms with Gasteiger partial charge in [0.2, 0.25) is 0 Å². The highest BCUT2D eigenvalue weighted by Gasteiger charge is 2.65. The number of rotatable bonds is 3. The van der Waals surface area contributed by atoms with E-state index in [-0.39, 0.29) is 17.4 Å². The van der Waals surface area contributed by atoms with Gasteiger partial charge in [0.25, 0.3) is 0 Å².